The van der Waals surface area contributed by atoms with Crippen LogP contribution in [-0.2, 0) is 14.3 Å². The molecule has 0 saturated carbocycles. The van der Waals surface area contributed by atoms with Crippen LogP contribution in [0.4, 0.5) is 5.82 Å². The molecule has 0 radical (unpaired) electrons. The Bertz CT molecular complexity index is 929. The van der Waals surface area contributed by atoms with Crippen LogP contribution in [0.1, 0.15) is 32.4 Å². The molecular weight excluding hydrogens is 503 g/mol. The van der Waals surface area contributed by atoms with Gasteiger partial charge in [0, 0.05) is 29.9 Å². The topological polar surface area (TPSA) is 70.6 Å². The molecule has 3 heterocycles. The number of thioether (sulfide) groups is 1. The molecule has 154 valence electrons. The number of hydrogen-bond acceptors (Lipinski definition) is 6. The third kappa shape index (κ3) is 5.10. The molecule has 0 N–H and O–H groups in total. The van der Waals surface area contributed by atoms with Crippen LogP contribution in [0.2, 0.25) is 0 Å². The van der Waals surface area contributed by atoms with E-state index in [2.05, 4.69) is 51.4 Å². The number of esters is 1. The van der Waals surface area contributed by atoms with Crippen molar-refractivity contribution in [2.45, 2.75) is 50.2 Å². The second kappa shape index (κ2) is 9.45. The van der Waals surface area contributed by atoms with Gasteiger partial charge in [-0.15, -0.1) is 16.7 Å². The summed E-state index contributed by atoms with van der Waals surface area (Å²) in [5.41, 5.74) is 0.758. The maximum atomic E-state index is 11.4. The minimum atomic E-state index is -0.327. The molecule has 29 heavy (non-hydrogen) atoms. The number of pyridine rings is 1. The van der Waals surface area contributed by atoms with Gasteiger partial charge in [-0.3, -0.25) is 9.48 Å². The minimum Gasteiger partial charge on any atom is -0.463 e. The van der Waals surface area contributed by atoms with Gasteiger partial charge in [0.05, 0.1) is 21.9 Å². The highest BCUT2D eigenvalue weighted by atomic mass is 127. The van der Waals surface area contributed by atoms with Crippen molar-refractivity contribution in [2.24, 2.45) is 11.8 Å². The zero-order chi connectivity index (χ0) is 21.1. The molecule has 0 bridgehead atoms. The number of aryl methyl sites for hydroxylation is 1. The summed E-state index contributed by atoms with van der Waals surface area (Å²) >= 11 is 3.75. The van der Waals surface area contributed by atoms with E-state index in [-0.39, 0.29) is 42.0 Å². The van der Waals surface area contributed by atoms with Gasteiger partial charge in [0.25, 0.3) is 5.82 Å². The first-order chi connectivity index (χ1) is 13.8. The summed E-state index contributed by atoms with van der Waals surface area (Å²) in [6.07, 6.45) is 5.28. The Morgan fingerprint density at radius 1 is 1.41 bits per heavy atom. The lowest BCUT2D eigenvalue weighted by atomic mass is 9.84. The summed E-state index contributed by atoms with van der Waals surface area (Å²) in [6, 6.07) is 2.03. The Labute approximate surface area is 188 Å². The lowest BCUT2D eigenvalue weighted by Crippen LogP contribution is -2.47. The molecule has 5 atom stereocenters. The van der Waals surface area contributed by atoms with Gasteiger partial charge in [0.2, 0.25) is 0 Å². The van der Waals surface area contributed by atoms with Crippen LogP contribution in [-0.4, -0.2) is 38.9 Å². The molecule has 0 spiro atoms. The van der Waals surface area contributed by atoms with Crippen molar-refractivity contribution in [3.63, 3.8) is 0 Å². The van der Waals surface area contributed by atoms with Gasteiger partial charge in [-0.2, -0.15) is 5.10 Å². The molecular formula is C20H23IN4O3S. The number of halogens is 1. The summed E-state index contributed by atoms with van der Waals surface area (Å²) in [6.45, 7) is 15.2. The van der Waals surface area contributed by atoms with Crippen LogP contribution >= 0.6 is 34.4 Å². The SMILES string of the molecule is [C-]#[N+]c1ncc(C)cc1S[C@H]1OC(COC(C)=O)[C@H](C)[C@H](n2cc(I)cn2)C1C. The van der Waals surface area contributed by atoms with Gasteiger partial charge >= 0.3 is 5.97 Å². The van der Waals surface area contributed by atoms with Crippen molar-refractivity contribution >= 4 is 46.1 Å². The van der Waals surface area contributed by atoms with Crippen molar-refractivity contribution in [1.82, 2.24) is 14.8 Å². The molecule has 0 amide bonds. The van der Waals surface area contributed by atoms with E-state index in [1.165, 1.54) is 18.7 Å². The molecule has 0 aliphatic carbocycles. The summed E-state index contributed by atoms with van der Waals surface area (Å²) in [7, 11) is 0. The maximum absolute atomic E-state index is 11.4. The zero-order valence-electron chi connectivity index (χ0n) is 16.7. The van der Waals surface area contributed by atoms with E-state index in [1.54, 1.807) is 6.20 Å². The zero-order valence-corrected chi connectivity index (χ0v) is 19.7. The van der Waals surface area contributed by atoms with Crippen molar-refractivity contribution in [1.29, 1.82) is 0 Å². The Kier molecular flexibility index (Phi) is 7.19. The highest BCUT2D eigenvalue weighted by molar-refractivity contribution is 14.1. The molecule has 9 heteroatoms. The highest BCUT2D eigenvalue weighted by Gasteiger charge is 2.44. The van der Waals surface area contributed by atoms with E-state index >= 15 is 0 Å². The van der Waals surface area contributed by atoms with Crippen molar-refractivity contribution in [2.75, 3.05) is 6.61 Å². The van der Waals surface area contributed by atoms with Crippen LogP contribution < -0.4 is 0 Å². The average Bonchev–Trinajstić information content (AvgIpc) is 3.09. The third-order valence-corrected chi connectivity index (χ3v) is 6.93. The Hall–Kier alpha value is -1.64. The van der Waals surface area contributed by atoms with E-state index < -0.39 is 0 Å². The predicted octanol–water partition coefficient (Wildman–Crippen LogP) is 4.64. The van der Waals surface area contributed by atoms with E-state index in [0.29, 0.717) is 5.82 Å². The quantitative estimate of drug-likeness (QED) is 0.322. The first kappa shape index (κ1) is 22.1. The lowest BCUT2D eigenvalue weighted by molar-refractivity contribution is -0.156. The summed E-state index contributed by atoms with van der Waals surface area (Å²) in [5, 5.41) is 4.54. The van der Waals surface area contributed by atoms with Crippen LogP contribution in [0.5, 0.6) is 0 Å². The summed E-state index contributed by atoms with van der Waals surface area (Å²) in [5.74, 6) is 0.245. The fraction of sp³-hybridized carbons (Fsp3) is 0.500. The van der Waals surface area contributed by atoms with Crippen molar-refractivity contribution in [3.05, 3.63) is 45.2 Å². The first-order valence-electron chi connectivity index (χ1n) is 9.29. The first-order valence-corrected chi connectivity index (χ1v) is 11.2. The number of carbonyl (C=O) groups excluding carboxylic acids is 1. The normalized spacial score (nSPS) is 26.7. The van der Waals surface area contributed by atoms with Crippen LogP contribution in [0.3, 0.4) is 0 Å². The van der Waals surface area contributed by atoms with E-state index in [0.717, 1.165) is 14.0 Å². The lowest BCUT2D eigenvalue weighted by Gasteiger charge is -2.44. The van der Waals surface area contributed by atoms with E-state index in [1.807, 2.05) is 30.1 Å². The third-order valence-electron chi connectivity index (χ3n) is 5.05. The number of aromatic nitrogens is 3. The Morgan fingerprint density at radius 3 is 2.79 bits per heavy atom. The summed E-state index contributed by atoms with van der Waals surface area (Å²) < 4.78 is 14.7. The largest absolute Gasteiger partial charge is 0.463 e. The van der Waals surface area contributed by atoms with Gasteiger partial charge < -0.3 is 14.3 Å². The second-order valence-corrected chi connectivity index (χ2v) is 9.64. The fourth-order valence-corrected chi connectivity index (χ4v) is 5.29. The van der Waals surface area contributed by atoms with E-state index in [9.17, 15) is 4.79 Å². The van der Waals surface area contributed by atoms with Crippen LogP contribution in [0.25, 0.3) is 4.85 Å². The number of carbonyl (C=O) groups is 1. The molecule has 2 aromatic heterocycles. The average molecular weight is 526 g/mol. The van der Waals surface area contributed by atoms with Crippen LogP contribution in [0.15, 0.2) is 29.6 Å². The molecule has 1 fully saturated rings. The monoisotopic (exact) mass is 526 g/mol. The van der Waals surface area contributed by atoms with Gasteiger partial charge in [-0.25, -0.2) is 0 Å². The van der Waals surface area contributed by atoms with Crippen LogP contribution in [0, 0.1) is 28.9 Å². The number of ether oxygens (including phenoxy) is 2. The number of hydrogen-bond donors (Lipinski definition) is 0. The van der Waals surface area contributed by atoms with Crippen molar-refractivity contribution < 1.29 is 14.3 Å². The molecule has 1 aliphatic rings. The van der Waals surface area contributed by atoms with Gasteiger partial charge in [-0.1, -0.05) is 26.5 Å². The standard InChI is InChI=1S/C20H23IN4O3S/c1-11-6-17(19(22-5)23-7-11)29-20-13(3)18(25-9-15(21)8-24-25)12(2)16(28-20)10-27-14(4)26/h6-9,12-13,16,18,20H,10H2,1-4H3/t12-,13?,16?,18-,20+/m0/s1. The molecule has 7 nitrogen and oxygen atoms in total. The predicted molar refractivity (Wildman–Crippen MR) is 119 cm³/mol. The molecule has 1 saturated heterocycles. The Morgan fingerprint density at radius 2 is 2.17 bits per heavy atom. The molecule has 3 rings (SSSR count). The second-order valence-electron chi connectivity index (χ2n) is 7.26. The molecule has 1 aliphatic heterocycles. The van der Waals surface area contributed by atoms with Gasteiger partial charge in [-0.05, 0) is 35.1 Å². The fourth-order valence-electron chi connectivity index (χ4n) is 3.60. The van der Waals surface area contributed by atoms with Gasteiger partial charge in [0.1, 0.15) is 18.2 Å². The maximum Gasteiger partial charge on any atom is 0.302 e. The summed E-state index contributed by atoms with van der Waals surface area (Å²) in [4.78, 5) is 20.0. The van der Waals surface area contributed by atoms with Crippen molar-refractivity contribution in [3.8, 4) is 0 Å². The molecule has 2 unspecified atom stereocenters. The minimum absolute atomic E-state index is 0.0690. The molecule has 2 aromatic rings. The smallest absolute Gasteiger partial charge is 0.302 e. The Balaban J connectivity index is 1.92. The molecule has 0 aromatic carbocycles. The number of nitrogens with zero attached hydrogens (tertiary/aromatic N) is 4. The highest BCUT2D eigenvalue weighted by Crippen LogP contribution is 2.46. The van der Waals surface area contributed by atoms with E-state index in [4.69, 9.17) is 16.0 Å². The van der Waals surface area contributed by atoms with Gasteiger partial charge in [0.15, 0.2) is 0 Å². The number of rotatable bonds is 5.